The maximum Gasteiger partial charge on any atom is 0.220 e. The molecule has 1 aromatic heterocycles. The van der Waals surface area contributed by atoms with Crippen molar-refractivity contribution in [3.8, 4) is 5.75 Å². The third kappa shape index (κ3) is 4.83. The second kappa shape index (κ2) is 9.78. The standard InChI is InChI=1S/C24H29N3O3/c1-29-19-8-6-18(7-9-19)21(22-17-26-23-5-3-2-4-20(22)23)16-24(28)25-10-11-27-12-14-30-15-13-27/h2-9,17,21,26H,10-16H2,1H3,(H,25,28). The fraction of sp³-hybridized carbons (Fsp3) is 0.375. The average Bonchev–Trinajstić information content (AvgIpc) is 3.22. The summed E-state index contributed by atoms with van der Waals surface area (Å²) in [5.74, 6) is 0.844. The van der Waals surface area contributed by atoms with E-state index in [0.29, 0.717) is 13.0 Å². The van der Waals surface area contributed by atoms with E-state index in [1.54, 1.807) is 7.11 Å². The second-order valence-electron chi connectivity index (χ2n) is 7.62. The van der Waals surface area contributed by atoms with Crippen molar-refractivity contribution in [3.05, 3.63) is 65.9 Å². The molecule has 30 heavy (non-hydrogen) atoms. The lowest BCUT2D eigenvalue weighted by molar-refractivity contribution is -0.121. The summed E-state index contributed by atoms with van der Waals surface area (Å²) in [7, 11) is 1.66. The van der Waals surface area contributed by atoms with Crippen LogP contribution in [-0.4, -0.2) is 62.3 Å². The maximum atomic E-state index is 12.8. The van der Waals surface area contributed by atoms with Crippen molar-refractivity contribution in [1.82, 2.24) is 15.2 Å². The Bertz CT molecular complexity index is 961. The number of fused-ring (bicyclic) bond motifs is 1. The van der Waals surface area contributed by atoms with Gasteiger partial charge in [-0.3, -0.25) is 9.69 Å². The van der Waals surface area contributed by atoms with E-state index >= 15 is 0 Å². The monoisotopic (exact) mass is 407 g/mol. The number of morpholine rings is 1. The van der Waals surface area contributed by atoms with E-state index in [1.807, 2.05) is 42.6 Å². The number of amides is 1. The smallest absolute Gasteiger partial charge is 0.220 e. The summed E-state index contributed by atoms with van der Waals surface area (Å²) in [6.07, 6.45) is 2.43. The van der Waals surface area contributed by atoms with Crippen LogP contribution >= 0.6 is 0 Å². The molecule has 1 atom stereocenters. The third-order valence-corrected chi connectivity index (χ3v) is 5.76. The van der Waals surface area contributed by atoms with Gasteiger partial charge in [0.25, 0.3) is 0 Å². The Kier molecular flexibility index (Phi) is 6.67. The Morgan fingerprint density at radius 3 is 2.70 bits per heavy atom. The van der Waals surface area contributed by atoms with Gasteiger partial charge in [-0.1, -0.05) is 30.3 Å². The van der Waals surface area contributed by atoms with E-state index in [-0.39, 0.29) is 11.8 Å². The molecule has 0 spiro atoms. The van der Waals surface area contributed by atoms with Crippen molar-refractivity contribution < 1.29 is 14.3 Å². The second-order valence-corrected chi connectivity index (χ2v) is 7.62. The Morgan fingerprint density at radius 1 is 1.17 bits per heavy atom. The van der Waals surface area contributed by atoms with Crippen molar-refractivity contribution in [2.24, 2.45) is 0 Å². The molecule has 1 fully saturated rings. The number of ether oxygens (including phenoxy) is 2. The normalized spacial score (nSPS) is 15.8. The molecular weight excluding hydrogens is 378 g/mol. The number of benzene rings is 2. The predicted octanol–water partition coefficient (Wildman–Crippen LogP) is 3.15. The molecule has 1 aliphatic rings. The van der Waals surface area contributed by atoms with Gasteiger partial charge in [0.2, 0.25) is 5.91 Å². The van der Waals surface area contributed by atoms with E-state index in [9.17, 15) is 4.79 Å². The molecule has 1 aliphatic heterocycles. The summed E-state index contributed by atoms with van der Waals surface area (Å²) in [5, 5.41) is 4.26. The zero-order valence-electron chi connectivity index (χ0n) is 17.4. The molecule has 3 aromatic rings. The van der Waals surface area contributed by atoms with Gasteiger partial charge in [0.05, 0.1) is 20.3 Å². The Balaban J connectivity index is 1.49. The highest BCUT2D eigenvalue weighted by atomic mass is 16.5. The van der Waals surface area contributed by atoms with Gasteiger partial charge in [-0.05, 0) is 29.3 Å². The minimum atomic E-state index is -0.0320. The molecule has 1 saturated heterocycles. The average molecular weight is 408 g/mol. The highest BCUT2D eigenvalue weighted by Gasteiger charge is 2.21. The number of carbonyl (C=O) groups is 1. The van der Waals surface area contributed by atoms with E-state index < -0.39 is 0 Å². The molecule has 0 radical (unpaired) electrons. The molecule has 0 aliphatic carbocycles. The van der Waals surface area contributed by atoms with Crippen LogP contribution in [0, 0.1) is 0 Å². The van der Waals surface area contributed by atoms with Crippen LogP contribution in [0.3, 0.4) is 0 Å². The number of hydrogen-bond acceptors (Lipinski definition) is 4. The highest BCUT2D eigenvalue weighted by molar-refractivity contribution is 5.86. The van der Waals surface area contributed by atoms with E-state index in [4.69, 9.17) is 9.47 Å². The molecule has 158 valence electrons. The Labute approximate surface area is 177 Å². The van der Waals surface area contributed by atoms with Gasteiger partial charge in [-0.25, -0.2) is 0 Å². The number of aromatic nitrogens is 1. The van der Waals surface area contributed by atoms with Crippen LogP contribution in [0.2, 0.25) is 0 Å². The summed E-state index contributed by atoms with van der Waals surface area (Å²) in [4.78, 5) is 18.5. The molecule has 0 saturated carbocycles. The number of nitrogens with zero attached hydrogens (tertiary/aromatic N) is 1. The number of aromatic amines is 1. The lowest BCUT2D eigenvalue weighted by Gasteiger charge is -2.26. The molecular formula is C24H29N3O3. The first-order valence-corrected chi connectivity index (χ1v) is 10.5. The third-order valence-electron chi connectivity index (χ3n) is 5.76. The SMILES string of the molecule is COc1ccc(C(CC(=O)NCCN2CCOCC2)c2c[nH]c3ccccc23)cc1. The van der Waals surface area contributed by atoms with E-state index in [1.165, 1.54) is 0 Å². The van der Waals surface area contributed by atoms with Crippen LogP contribution in [0.4, 0.5) is 0 Å². The molecule has 2 heterocycles. The molecule has 1 unspecified atom stereocenters. The lowest BCUT2D eigenvalue weighted by atomic mass is 9.88. The maximum absolute atomic E-state index is 12.8. The fourth-order valence-electron chi connectivity index (χ4n) is 4.06. The summed E-state index contributed by atoms with van der Waals surface area (Å²) in [5.41, 5.74) is 3.32. The van der Waals surface area contributed by atoms with Crippen molar-refractivity contribution in [1.29, 1.82) is 0 Å². The number of hydrogen-bond donors (Lipinski definition) is 2. The molecule has 2 aromatic carbocycles. The van der Waals surface area contributed by atoms with Crippen LogP contribution in [0.1, 0.15) is 23.5 Å². The summed E-state index contributed by atoms with van der Waals surface area (Å²) in [6, 6.07) is 16.2. The predicted molar refractivity (Wildman–Crippen MR) is 118 cm³/mol. The number of carbonyl (C=O) groups excluding carboxylic acids is 1. The quantitative estimate of drug-likeness (QED) is 0.602. The van der Waals surface area contributed by atoms with Gasteiger partial charge < -0.3 is 19.8 Å². The van der Waals surface area contributed by atoms with Crippen LogP contribution < -0.4 is 10.1 Å². The molecule has 6 nitrogen and oxygen atoms in total. The lowest BCUT2D eigenvalue weighted by Crippen LogP contribution is -2.41. The molecule has 6 heteroatoms. The van der Waals surface area contributed by atoms with Crippen LogP contribution in [-0.2, 0) is 9.53 Å². The summed E-state index contributed by atoms with van der Waals surface area (Å²) >= 11 is 0. The van der Waals surface area contributed by atoms with Crippen molar-refractivity contribution >= 4 is 16.8 Å². The summed E-state index contributed by atoms with van der Waals surface area (Å²) < 4.78 is 10.7. The zero-order chi connectivity index (χ0) is 20.8. The van der Waals surface area contributed by atoms with Crippen molar-refractivity contribution in [2.45, 2.75) is 12.3 Å². The first-order chi connectivity index (χ1) is 14.7. The van der Waals surface area contributed by atoms with Gasteiger partial charge >= 0.3 is 0 Å². The number of para-hydroxylation sites is 1. The van der Waals surface area contributed by atoms with Crippen molar-refractivity contribution in [3.63, 3.8) is 0 Å². The zero-order valence-corrected chi connectivity index (χ0v) is 17.4. The molecule has 4 rings (SSSR count). The van der Waals surface area contributed by atoms with Crippen LogP contribution in [0.25, 0.3) is 10.9 Å². The minimum absolute atomic E-state index is 0.0320. The first kappa shape index (κ1) is 20.4. The number of nitrogens with one attached hydrogen (secondary N) is 2. The van der Waals surface area contributed by atoms with E-state index in [2.05, 4.69) is 27.3 Å². The minimum Gasteiger partial charge on any atom is -0.497 e. The fourth-order valence-corrected chi connectivity index (χ4v) is 4.06. The Hall–Kier alpha value is -2.83. The Morgan fingerprint density at radius 2 is 1.93 bits per heavy atom. The van der Waals surface area contributed by atoms with Gasteiger partial charge in [0.15, 0.2) is 0 Å². The molecule has 1 amide bonds. The van der Waals surface area contributed by atoms with Gasteiger partial charge in [0.1, 0.15) is 5.75 Å². The topological polar surface area (TPSA) is 66.6 Å². The molecule has 2 N–H and O–H groups in total. The summed E-state index contributed by atoms with van der Waals surface area (Å²) in [6.45, 7) is 4.92. The van der Waals surface area contributed by atoms with Crippen LogP contribution in [0.5, 0.6) is 5.75 Å². The van der Waals surface area contributed by atoms with Gasteiger partial charge in [-0.15, -0.1) is 0 Å². The van der Waals surface area contributed by atoms with E-state index in [0.717, 1.165) is 60.6 Å². The number of H-pyrrole nitrogens is 1. The van der Waals surface area contributed by atoms with Gasteiger partial charge in [-0.2, -0.15) is 0 Å². The van der Waals surface area contributed by atoms with Crippen LogP contribution in [0.15, 0.2) is 54.7 Å². The molecule has 0 bridgehead atoms. The largest absolute Gasteiger partial charge is 0.497 e. The highest BCUT2D eigenvalue weighted by Crippen LogP contribution is 2.34. The number of methoxy groups -OCH3 is 1. The van der Waals surface area contributed by atoms with Crippen molar-refractivity contribution in [2.75, 3.05) is 46.5 Å². The number of rotatable bonds is 8. The van der Waals surface area contributed by atoms with Gasteiger partial charge in [0, 0.05) is 55.6 Å². The first-order valence-electron chi connectivity index (χ1n) is 10.5.